The Bertz CT molecular complexity index is 707. The van der Waals surface area contributed by atoms with E-state index >= 15 is 0 Å². The summed E-state index contributed by atoms with van der Waals surface area (Å²) in [5, 5.41) is 5.47. The summed E-state index contributed by atoms with van der Waals surface area (Å²) in [6, 6.07) is 11.0. The van der Waals surface area contributed by atoms with E-state index in [1.165, 1.54) is 6.92 Å². The second-order valence-corrected chi connectivity index (χ2v) is 6.83. The number of hydrogen-bond acceptors (Lipinski definition) is 3. The quantitative estimate of drug-likeness (QED) is 0.790. The van der Waals surface area contributed by atoms with Gasteiger partial charge in [0.15, 0.2) is 0 Å². The molecule has 24 heavy (non-hydrogen) atoms. The molecule has 1 heterocycles. The Labute approximate surface area is 149 Å². The van der Waals surface area contributed by atoms with Crippen LogP contribution in [-0.2, 0) is 16.1 Å². The zero-order chi connectivity index (χ0) is 17.7. The van der Waals surface area contributed by atoms with Gasteiger partial charge in [0.2, 0.25) is 11.8 Å². The van der Waals surface area contributed by atoms with E-state index in [0.29, 0.717) is 5.76 Å². The summed E-state index contributed by atoms with van der Waals surface area (Å²) >= 11 is 3.40. The van der Waals surface area contributed by atoms with Crippen molar-refractivity contribution < 1.29 is 14.0 Å². The van der Waals surface area contributed by atoms with Gasteiger partial charge < -0.3 is 15.1 Å². The SMILES string of the molecule is CC(=O)NC(C(=O)NCc1ccc(-c2ccc(Br)cc2)o1)C(C)C. The van der Waals surface area contributed by atoms with Crippen molar-refractivity contribution in [3.63, 3.8) is 0 Å². The molecule has 128 valence electrons. The molecular weight excluding hydrogens is 372 g/mol. The molecule has 6 heteroatoms. The van der Waals surface area contributed by atoms with Gasteiger partial charge in [-0.3, -0.25) is 9.59 Å². The van der Waals surface area contributed by atoms with Gasteiger partial charge in [-0.15, -0.1) is 0 Å². The molecule has 0 saturated carbocycles. The van der Waals surface area contributed by atoms with E-state index in [-0.39, 0.29) is 24.3 Å². The predicted octanol–water partition coefficient (Wildman–Crippen LogP) is 3.49. The molecule has 0 fully saturated rings. The molecule has 1 atom stereocenters. The van der Waals surface area contributed by atoms with E-state index in [1.807, 2.05) is 50.2 Å². The number of carbonyl (C=O) groups excluding carboxylic acids is 2. The molecule has 0 aliphatic rings. The Kier molecular flexibility index (Phi) is 6.20. The smallest absolute Gasteiger partial charge is 0.243 e. The Morgan fingerprint density at radius 1 is 1.12 bits per heavy atom. The van der Waals surface area contributed by atoms with Gasteiger partial charge >= 0.3 is 0 Å². The van der Waals surface area contributed by atoms with Gasteiger partial charge in [0.1, 0.15) is 17.6 Å². The van der Waals surface area contributed by atoms with Gasteiger partial charge in [0.05, 0.1) is 6.54 Å². The molecule has 0 aliphatic carbocycles. The summed E-state index contributed by atoms with van der Waals surface area (Å²) in [6.45, 7) is 5.45. The fourth-order valence-electron chi connectivity index (χ4n) is 2.28. The van der Waals surface area contributed by atoms with Crippen LogP contribution in [0.4, 0.5) is 0 Å². The minimum atomic E-state index is -0.552. The number of rotatable bonds is 6. The van der Waals surface area contributed by atoms with Crippen molar-refractivity contribution >= 4 is 27.7 Å². The van der Waals surface area contributed by atoms with Gasteiger partial charge in [0, 0.05) is 17.0 Å². The first-order chi connectivity index (χ1) is 11.4. The lowest BCUT2D eigenvalue weighted by molar-refractivity contribution is -0.129. The second-order valence-electron chi connectivity index (χ2n) is 5.91. The maximum absolute atomic E-state index is 12.2. The molecule has 5 nitrogen and oxygen atoms in total. The highest BCUT2D eigenvalue weighted by Crippen LogP contribution is 2.23. The Balaban J connectivity index is 1.98. The topological polar surface area (TPSA) is 71.3 Å². The molecule has 2 amide bonds. The molecule has 2 N–H and O–H groups in total. The van der Waals surface area contributed by atoms with Crippen LogP contribution in [0.25, 0.3) is 11.3 Å². The average molecular weight is 393 g/mol. The van der Waals surface area contributed by atoms with Crippen LogP contribution in [0.1, 0.15) is 26.5 Å². The van der Waals surface area contributed by atoms with Crippen molar-refractivity contribution in [1.29, 1.82) is 0 Å². The minimum absolute atomic E-state index is 0.00354. The number of carbonyl (C=O) groups is 2. The number of amides is 2. The van der Waals surface area contributed by atoms with Crippen molar-refractivity contribution in [2.45, 2.75) is 33.4 Å². The van der Waals surface area contributed by atoms with Crippen molar-refractivity contribution in [3.05, 3.63) is 46.6 Å². The standard InChI is InChI=1S/C18H21BrN2O3/c1-11(2)17(21-12(3)22)18(23)20-10-15-8-9-16(24-15)13-4-6-14(19)7-5-13/h4-9,11,17H,10H2,1-3H3,(H,20,23)(H,21,22). The highest BCUT2D eigenvalue weighted by molar-refractivity contribution is 9.10. The number of benzene rings is 1. The Hall–Kier alpha value is -2.08. The van der Waals surface area contributed by atoms with E-state index in [2.05, 4.69) is 26.6 Å². The summed E-state index contributed by atoms with van der Waals surface area (Å²) in [5.41, 5.74) is 0.967. The lowest BCUT2D eigenvalue weighted by atomic mass is 10.0. The monoisotopic (exact) mass is 392 g/mol. The van der Waals surface area contributed by atoms with Crippen molar-refractivity contribution in [3.8, 4) is 11.3 Å². The summed E-state index contributed by atoms with van der Waals surface area (Å²) < 4.78 is 6.77. The number of furan rings is 1. The first-order valence-corrected chi connectivity index (χ1v) is 8.55. The van der Waals surface area contributed by atoms with Crippen molar-refractivity contribution in [2.75, 3.05) is 0 Å². The molecule has 1 aromatic carbocycles. The molecule has 1 aromatic heterocycles. The molecular formula is C18H21BrN2O3. The first kappa shape index (κ1) is 18.3. The van der Waals surface area contributed by atoms with Crippen LogP contribution >= 0.6 is 15.9 Å². The zero-order valence-corrected chi connectivity index (χ0v) is 15.5. The van der Waals surface area contributed by atoms with E-state index in [0.717, 1.165) is 15.8 Å². The molecule has 2 rings (SSSR count). The Morgan fingerprint density at radius 2 is 1.79 bits per heavy atom. The van der Waals surface area contributed by atoms with E-state index in [4.69, 9.17) is 4.42 Å². The summed E-state index contributed by atoms with van der Waals surface area (Å²) in [4.78, 5) is 23.4. The van der Waals surface area contributed by atoms with E-state index in [1.54, 1.807) is 0 Å². The van der Waals surface area contributed by atoms with Gasteiger partial charge in [-0.05, 0) is 30.2 Å². The summed E-state index contributed by atoms with van der Waals surface area (Å²) in [6.07, 6.45) is 0. The molecule has 0 saturated heterocycles. The van der Waals surface area contributed by atoms with Gasteiger partial charge in [-0.25, -0.2) is 0 Å². The lowest BCUT2D eigenvalue weighted by Crippen LogP contribution is -2.48. The minimum Gasteiger partial charge on any atom is -0.459 e. The van der Waals surface area contributed by atoms with Crippen LogP contribution in [0.5, 0.6) is 0 Å². The maximum atomic E-state index is 12.2. The maximum Gasteiger partial charge on any atom is 0.243 e. The van der Waals surface area contributed by atoms with Crippen molar-refractivity contribution in [1.82, 2.24) is 10.6 Å². The molecule has 1 unspecified atom stereocenters. The summed E-state index contributed by atoms with van der Waals surface area (Å²) in [7, 11) is 0. The molecule has 2 aromatic rings. The molecule has 0 aliphatic heterocycles. The average Bonchev–Trinajstić information content (AvgIpc) is 2.99. The molecule has 0 spiro atoms. The van der Waals surface area contributed by atoms with Crippen LogP contribution < -0.4 is 10.6 Å². The highest BCUT2D eigenvalue weighted by atomic mass is 79.9. The fourth-order valence-corrected chi connectivity index (χ4v) is 2.54. The highest BCUT2D eigenvalue weighted by Gasteiger charge is 2.22. The van der Waals surface area contributed by atoms with Crippen LogP contribution in [0.15, 0.2) is 45.3 Å². The third kappa shape index (κ3) is 4.96. The van der Waals surface area contributed by atoms with E-state index in [9.17, 15) is 9.59 Å². The van der Waals surface area contributed by atoms with Crippen LogP contribution in [0, 0.1) is 5.92 Å². The number of nitrogens with one attached hydrogen (secondary N) is 2. The van der Waals surface area contributed by atoms with Crippen LogP contribution in [-0.4, -0.2) is 17.9 Å². The molecule has 0 radical (unpaired) electrons. The van der Waals surface area contributed by atoms with Crippen molar-refractivity contribution in [2.24, 2.45) is 5.92 Å². The number of halogens is 1. The fraction of sp³-hybridized carbons (Fsp3) is 0.333. The summed E-state index contributed by atoms with van der Waals surface area (Å²) in [5.74, 6) is 0.964. The third-order valence-corrected chi connectivity index (χ3v) is 4.06. The lowest BCUT2D eigenvalue weighted by Gasteiger charge is -2.20. The number of hydrogen-bond donors (Lipinski definition) is 2. The predicted molar refractivity (Wildman–Crippen MR) is 96.1 cm³/mol. The van der Waals surface area contributed by atoms with Crippen LogP contribution in [0.3, 0.4) is 0 Å². The molecule has 0 bridgehead atoms. The zero-order valence-electron chi connectivity index (χ0n) is 13.9. The van der Waals surface area contributed by atoms with Gasteiger partial charge in [0.25, 0.3) is 0 Å². The van der Waals surface area contributed by atoms with Gasteiger partial charge in [-0.1, -0.05) is 41.9 Å². The first-order valence-electron chi connectivity index (χ1n) is 7.76. The Morgan fingerprint density at radius 3 is 2.38 bits per heavy atom. The second kappa shape index (κ2) is 8.15. The normalized spacial score (nSPS) is 12.0. The van der Waals surface area contributed by atoms with Gasteiger partial charge in [-0.2, -0.15) is 0 Å². The largest absolute Gasteiger partial charge is 0.459 e. The van der Waals surface area contributed by atoms with Crippen LogP contribution in [0.2, 0.25) is 0 Å². The van der Waals surface area contributed by atoms with E-state index < -0.39 is 6.04 Å². The third-order valence-electron chi connectivity index (χ3n) is 3.54.